The molecule has 170 valence electrons. The lowest BCUT2D eigenvalue weighted by atomic mass is 9.93. The van der Waals surface area contributed by atoms with E-state index in [0.29, 0.717) is 19.8 Å². The molecule has 1 aliphatic rings. The van der Waals surface area contributed by atoms with Gasteiger partial charge in [-0.3, -0.25) is 9.59 Å². The Morgan fingerprint density at radius 2 is 1.41 bits per heavy atom. The van der Waals surface area contributed by atoms with Gasteiger partial charge in [-0.15, -0.1) is 0 Å². The lowest BCUT2D eigenvalue weighted by molar-refractivity contribution is -0.115. The highest BCUT2D eigenvalue weighted by Gasteiger charge is 2.26. The Labute approximate surface area is 213 Å². The molecule has 1 saturated heterocycles. The Bertz CT molecular complexity index is 1320. The summed E-state index contributed by atoms with van der Waals surface area (Å²) in [5.41, 5.74) is 6.10. The van der Waals surface area contributed by atoms with Gasteiger partial charge < -0.3 is 5.32 Å². The predicted octanol–water partition coefficient (Wildman–Crippen LogP) is 7.17. The number of allylic oxidation sites excluding steroid dienone is 3. The number of hydrogen-bond acceptors (Lipinski definition) is 4. The molecule has 0 aliphatic carbocycles. The van der Waals surface area contributed by atoms with Crippen LogP contribution in [0.2, 0.25) is 5.02 Å². The van der Waals surface area contributed by atoms with Crippen molar-refractivity contribution in [2.75, 3.05) is 0 Å². The van der Waals surface area contributed by atoms with E-state index in [-0.39, 0.29) is 18.1 Å². The molecule has 3 aromatic rings. The number of Topliss-reactive ketones (excluding diaryl/α,β-unsaturated/α-hetero) is 1. The Hall–Kier alpha value is -2.99. The number of amides is 1. The highest BCUT2D eigenvalue weighted by molar-refractivity contribution is 8.26. The predicted molar refractivity (Wildman–Crippen MR) is 146 cm³/mol. The first-order chi connectivity index (χ1) is 16.3. The van der Waals surface area contributed by atoms with Crippen LogP contribution in [0.5, 0.6) is 0 Å². The molecule has 1 aliphatic heterocycles. The van der Waals surface area contributed by atoms with Gasteiger partial charge in [0.05, 0.1) is 4.91 Å². The molecule has 34 heavy (non-hydrogen) atoms. The normalized spacial score (nSPS) is 15.3. The molecule has 3 nitrogen and oxygen atoms in total. The van der Waals surface area contributed by atoms with Crippen molar-refractivity contribution in [2.24, 2.45) is 0 Å². The Morgan fingerprint density at radius 1 is 0.882 bits per heavy atom. The largest absolute Gasteiger partial charge is 0.307 e. The van der Waals surface area contributed by atoms with Crippen molar-refractivity contribution >= 4 is 62.7 Å². The molecule has 0 bridgehead atoms. The number of nitrogens with one attached hydrogen (secondary N) is 1. The Kier molecular flexibility index (Phi) is 7.47. The zero-order valence-corrected chi connectivity index (χ0v) is 21.1. The highest BCUT2D eigenvalue weighted by atomic mass is 35.5. The van der Waals surface area contributed by atoms with Gasteiger partial charge in [-0.1, -0.05) is 107 Å². The summed E-state index contributed by atoms with van der Waals surface area (Å²) in [5.74, 6) is -0.240. The molecule has 1 fully saturated rings. The maximum Gasteiger partial charge on any atom is 0.264 e. The molecule has 0 saturated carbocycles. The average molecular weight is 504 g/mol. The van der Waals surface area contributed by atoms with E-state index in [1.165, 1.54) is 11.8 Å². The van der Waals surface area contributed by atoms with Gasteiger partial charge in [0.15, 0.2) is 5.78 Å². The molecule has 1 amide bonds. The summed E-state index contributed by atoms with van der Waals surface area (Å²) in [6.07, 6.45) is 2.10. The summed E-state index contributed by atoms with van der Waals surface area (Å²) >= 11 is 12.6. The van der Waals surface area contributed by atoms with Crippen LogP contribution in [0.1, 0.15) is 39.0 Å². The number of ketones is 1. The fourth-order valence-corrected chi connectivity index (χ4v) is 4.82. The molecule has 0 atom stereocenters. The number of carbonyl (C=O) groups is 2. The Morgan fingerprint density at radius 3 is 1.94 bits per heavy atom. The zero-order valence-electron chi connectivity index (χ0n) is 18.7. The van der Waals surface area contributed by atoms with E-state index in [0.717, 1.165) is 33.4 Å². The average Bonchev–Trinajstić information content (AvgIpc) is 3.15. The summed E-state index contributed by atoms with van der Waals surface area (Å²) in [6.45, 7) is 4.00. The SMILES string of the molecule is Cc1ccc(C(=O)C/C(=C\C(=C2\SC(=S)NC2=O)c2ccc(C)cc2)c2ccc(Cl)cc2)cc1. The minimum Gasteiger partial charge on any atom is -0.307 e. The number of carbonyl (C=O) groups excluding carboxylic acids is 2. The summed E-state index contributed by atoms with van der Waals surface area (Å²) in [4.78, 5) is 26.4. The molecule has 0 aromatic heterocycles. The fraction of sp³-hybridized carbons (Fsp3) is 0.107. The minimum absolute atomic E-state index is 0.00602. The number of aryl methyl sites for hydroxylation is 2. The first-order valence-electron chi connectivity index (χ1n) is 10.7. The minimum atomic E-state index is -0.234. The van der Waals surface area contributed by atoms with Crippen molar-refractivity contribution in [1.29, 1.82) is 0 Å². The van der Waals surface area contributed by atoms with Gasteiger partial charge in [0.25, 0.3) is 5.91 Å². The van der Waals surface area contributed by atoms with Gasteiger partial charge in [-0.25, -0.2) is 0 Å². The molecular weight excluding hydrogens is 482 g/mol. The number of hydrogen-bond donors (Lipinski definition) is 1. The third kappa shape index (κ3) is 5.73. The van der Waals surface area contributed by atoms with Crippen LogP contribution in [0, 0.1) is 13.8 Å². The first kappa shape index (κ1) is 24.1. The van der Waals surface area contributed by atoms with Crippen LogP contribution in [0.4, 0.5) is 0 Å². The van der Waals surface area contributed by atoms with Crippen molar-refractivity contribution in [1.82, 2.24) is 5.32 Å². The van der Waals surface area contributed by atoms with Crippen molar-refractivity contribution in [3.8, 4) is 0 Å². The van der Waals surface area contributed by atoms with Crippen molar-refractivity contribution in [3.63, 3.8) is 0 Å². The van der Waals surface area contributed by atoms with Gasteiger partial charge in [-0.2, -0.15) is 0 Å². The topological polar surface area (TPSA) is 46.2 Å². The van der Waals surface area contributed by atoms with Crippen LogP contribution in [0.3, 0.4) is 0 Å². The third-order valence-corrected chi connectivity index (χ3v) is 6.98. The van der Waals surface area contributed by atoms with Crippen molar-refractivity contribution < 1.29 is 9.59 Å². The second-order valence-electron chi connectivity index (χ2n) is 8.09. The number of thiocarbonyl (C=S) groups is 1. The first-order valence-corrected chi connectivity index (χ1v) is 12.3. The van der Waals surface area contributed by atoms with Gasteiger partial charge in [0, 0.05) is 22.6 Å². The maximum atomic E-state index is 13.2. The molecule has 6 heteroatoms. The maximum absolute atomic E-state index is 13.2. The second-order valence-corrected chi connectivity index (χ2v) is 10.2. The fourth-order valence-electron chi connectivity index (χ4n) is 3.59. The van der Waals surface area contributed by atoms with Crippen LogP contribution in [0.15, 0.2) is 83.8 Å². The lowest BCUT2D eigenvalue weighted by Gasteiger charge is -2.12. The molecule has 0 spiro atoms. The van der Waals surface area contributed by atoms with Crippen molar-refractivity contribution in [3.05, 3.63) is 117 Å². The highest BCUT2D eigenvalue weighted by Crippen LogP contribution is 2.36. The second kappa shape index (κ2) is 10.5. The molecule has 1 N–H and O–H groups in total. The van der Waals surface area contributed by atoms with E-state index in [4.69, 9.17) is 23.8 Å². The number of halogens is 1. The zero-order chi connectivity index (χ0) is 24.2. The van der Waals surface area contributed by atoms with Crippen LogP contribution in [0.25, 0.3) is 11.1 Å². The molecular formula is C28H22ClNO2S2. The molecule has 4 rings (SSSR count). The molecule has 1 heterocycles. The van der Waals surface area contributed by atoms with E-state index < -0.39 is 0 Å². The van der Waals surface area contributed by atoms with E-state index >= 15 is 0 Å². The summed E-state index contributed by atoms with van der Waals surface area (Å²) in [6, 6.07) is 22.9. The van der Waals surface area contributed by atoms with Gasteiger partial charge in [0.2, 0.25) is 0 Å². The quantitative estimate of drug-likeness (QED) is 0.220. The van der Waals surface area contributed by atoms with E-state index in [1.54, 1.807) is 12.1 Å². The van der Waals surface area contributed by atoms with Crippen LogP contribution >= 0.6 is 35.6 Å². The molecule has 0 unspecified atom stereocenters. The van der Waals surface area contributed by atoms with E-state index in [1.807, 2.05) is 80.6 Å². The smallest absolute Gasteiger partial charge is 0.264 e. The third-order valence-electron chi connectivity index (χ3n) is 5.48. The molecule has 3 aromatic carbocycles. The Balaban J connectivity index is 1.85. The number of thioether (sulfide) groups is 1. The van der Waals surface area contributed by atoms with Crippen molar-refractivity contribution in [2.45, 2.75) is 20.3 Å². The van der Waals surface area contributed by atoms with Gasteiger partial charge in [0.1, 0.15) is 4.32 Å². The molecule has 0 radical (unpaired) electrons. The van der Waals surface area contributed by atoms with E-state index in [2.05, 4.69) is 5.32 Å². The van der Waals surface area contributed by atoms with Crippen LogP contribution < -0.4 is 5.32 Å². The van der Waals surface area contributed by atoms with Crippen LogP contribution in [-0.2, 0) is 4.79 Å². The summed E-state index contributed by atoms with van der Waals surface area (Å²) < 4.78 is 0.418. The monoisotopic (exact) mass is 503 g/mol. The standard InChI is InChI=1S/C28H22ClNO2S2/c1-17-3-7-20(8-4-17)24(26-27(32)30-28(33)34-26)15-22(19-11-13-23(29)14-12-19)16-25(31)21-9-5-18(2)6-10-21/h3-15H,16H2,1-2H3,(H,30,32,33)/b22-15+,26-24-. The summed E-state index contributed by atoms with van der Waals surface area (Å²) in [5, 5.41) is 3.32. The number of rotatable bonds is 6. The lowest BCUT2D eigenvalue weighted by Crippen LogP contribution is -2.18. The summed E-state index contributed by atoms with van der Waals surface area (Å²) in [7, 11) is 0. The van der Waals surface area contributed by atoms with Gasteiger partial charge >= 0.3 is 0 Å². The number of benzene rings is 3. The van der Waals surface area contributed by atoms with Crippen LogP contribution in [-0.4, -0.2) is 16.0 Å². The van der Waals surface area contributed by atoms with Gasteiger partial charge in [-0.05, 0) is 48.8 Å². The van der Waals surface area contributed by atoms with E-state index in [9.17, 15) is 9.59 Å².